The minimum Gasteiger partial charge on any atom is -0.497 e. The number of ether oxygens (including phenoxy) is 2. The zero-order valence-electron chi connectivity index (χ0n) is 16.6. The highest BCUT2D eigenvalue weighted by Crippen LogP contribution is 2.58. The molecule has 0 spiro atoms. The van der Waals surface area contributed by atoms with Crippen LogP contribution in [0.5, 0.6) is 5.75 Å². The number of carbonyl (C=O) groups excluding carboxylic acids is 1. The summed E-state index contributed by atoms with van der Waals surface area (Å²) in [6, 6.07) is 7.28. The van der Waals surface area contributed by atoms with Gasteiger partial charge in [0.15, 0.2) is 13.9 Å². The average molecular weight is 379 g/mol. The van der Waals surface area contributed by atoms with Gasteiger partial charge in [0.05, 0.1) is 19.9 Å². The smallest absolute Gasteiger partial charge is 0.336 e. The molecule has 0 saturated heterocycles. The van der Waals surface area contributed by atoms with Crippen molar-refractivity contribution in [3.05, 3.63) is 24.3 Å². The molecule has 3 atom stereocenters. The van der Waals surface area contributed by atoms with Crippen molar-refractivity contribution in [2.75, 3.05) is 20.8 Å². The molecule has 0 bridgehead atoms. The molecule has 7 heteroatoms. The Balaban J connectivity index is 2.16. The number of esters is 1. The van der Waals surface area contributed by atoms with E-state index in [9.17, 15) is 4.79 Å². The standard InChI is InChI=1S/C19H30N2O4Si/c1-7-16-17(12-13-25-26(4,5)6)19(16,18(22)24-3)21-20-14-8-10-15(23-2)11-9-14/h8-11,16-17H,7,12-13H2,1-6H3/t16-,17+,19?/m1/s1. The van der Waals surface area contributed by atoms with Crippen LogP contribution in [0.1, 0.15) is 19.8 Å². The van der Waals surface area contributed by atoms with E-state index in [0.29, 0.717) is 12.3 Å². The third-order valence-corrected chi connectivity index (χ3v) is 5.90. The maximum atomic E-state index is 12.5. The molecule has 0 radical (unpaired) electrons. The van der Waals surface area contributed by atoms with Crippen LogP contribution >= 0.6 is 0 Å². The number of benzene rings is 1. The van der Waals surface area contributed by atoms with E-state index in [1.807, 2.05) is 24.3 Å². The molecule has 2 rings (SSSR count). The lowest BCUT2D eigenvalue weighted by Crippen LogP contribution is -2.28. The van der Waals surface area contributed by atoms with Crippen LogP contribution in [0.15, 0.2) is 34.5 Å². The van der Waals surface area contributed by atoms with E-state index in [2.05, 4.69) is 36.8 Å². The summed E-state index contributed by atoms with van der Waals surface area (Å²) in [7, 11) is 1.45. The third-order valence-electron chi connectivity index (χ3n) is 4.83. The monoisotopic (exact) mass is 378 g/mol. The zero-order valence-corrected chi connectivity index (χ0v) is 17.6. The van der Waals surface area contributed by atoms with E-state index in [-0.39, 0.29) is 17.8 Å². The average Bonchev–Trinajstić information content (AvgIpc) is 3.25. The van der Waals surface area contributed by atoms with Crippen LogP contribution < -0.4 is 4.74 Å². The van der Waals surface area contributed by atoms with Crippen molar-refractivity contribution in [3.63, 3.8) is 0 Å². The highest BCUT2D eigenvalue weighted by atomic mass is 28.4. The Morgan fingerprint density at radius 1 is 1.15 bits per heavy atom. The molecular weight excluding hydrogens is 348 g/mol. The second kappa shape index (κ2) is 8.31. The molecule has 144 valence electrons. The second-order valence-electron chi connectivity index (χ2n) is 7.59. The Bertz CT molecular complexity index is 642. The highest BCUT2D eigenvalue weighted by Gasteiger charge is 2.70. The summed E-state index contributed by atoms with van der Waals surface area (Å²) in [4.78, 5) is 12.5. The van der Waals surface area contributed by atoms with Gasteiger partial charge in [0.1, 0.15) is 5.75 Å². The van der Waals surface area contributed by atoms with Crippen molar-refractivity contribution in [2.45, 2.75) is 44.9 Å². The van der Waals surface area contributed by atoms with Crippen LogP contribution in [-0.2, 0) is 14.0 Å². The summed E-state index contributed by atoms with van der Waals surface area (Å²) >= 11 is 0. The third kappa shape index (κ3) is 4.51. The molecule has 1 fully saturated rings. The lowest BCUT2D eigenvalue weighted by Gasteiger charge is -2.17. The maximum Gasteiger partial charge on any atom is 0.336 e. The zero-order chi connectivity index (χ0) is 19.4. The first-order valence-corrected chi connectivity index (χ1v) is 12.5. The van der Waals surface area contributed by atoms with Gasteiger partial charge in [0.2, 0.25) is 0 Å². The van der Waals surface area contributed by atoms with Gasteiger partial charge in [-0.25, -0.2) is 4.79 Å². The fourth-order valence-corrected chi connectivity index (χ4v) is 4.21. The second-order valence-corrected chi connectivity index (χ2v) is 12.1. The molecule has 1 aliphatic carbocycles. The van der Waals surface area contributed by atoms with Gasteiger partial charge in [-0.05, 0) is 56.7 Å². The lowest BCUT2D eigenvalue weighted by molar-refractivity contribution is -0.144. The fraction of sp³-hybridized carbons (Fsp3) is 0.632. The van der Waals surface area contributed by atoms with E-state index in [4.69, 9.17) is 13.9 Å². The predicted molar refractivity (Wildman–Crippen MR) is 103 cm³/mol. The van der Waals surface area contributed by atoms with Crippen LogP contribution in [-0.4, -0.2) is 40.7 Å². The van der Waals surface area contributed by atoms with Crippen molar-refractivity contribution < 1.29 is 18.7 Å². The van der Waals surface area contributed by atoms with Gasteiger partial charge in [-0.1, -0.05) is 6.92 Å². The van der Waals surface area contributed by atoms with Gasteiger partial charge in [-0.15, -0.1) is 0 Å². The summed E-state index contributed by atoms with van der Waals surface area (Å²) in [6.45, 7) is 9.20. The minimum atomic E-state index is -1.57. The molecule has 1 unspecified atom stereocenters. The van der Waals surface area contributed by atoms with Gasteiger partial charge < -0.3 is 13.9 Å². The van der Waals surface area contributed by atoms with E-state index in [1.165, 1.54) is 7.11 Å². The topological polar surface area (TPSA) is 69.5 Å². The number of hydrogen-bond acceptors (Lipinski definition) is 6. The first-order valence-electron chi connectivity index (χ1n) is 9.07. The Morgan fingerprint density at radius 3 is 2.31 bits per heavy atom. The number of azo groups is 1. The summed E-state index contributed by atoms with van der Waals surface area (Å²) in [6.07, 6.45) is 1.65. The Morgan fingerprint density at radius 2 is 1.81 bits per heavy atom. The number of hydrogen-bond donors (Lipinski definition) is 0. The largest absolute Gasteiger partial charge is 0.497 e. The molecular formula is C19H30N2O4Si. The maximum absolute atomic E-state index is 12.5. The van der Waals surface area contributed by atoms with Crippen LogP contribution in [0.2, 0.25) is 19.6 Å². The molecule has 1 aromatic carbocycles. The Hall–Kier alpha value is -1.73. The molecule has 1 aromatic rings. The van der Waals surface area contributed by atoms with E-state index in [1.54, 1.807) is 7.11 Å². The molecule has 0 heterocycles. The van der Waals surface area contributed by atoms with Gasteiger partial charge in [-0.2, -0.15) is 10.2 Å². The number of nitrogens with zero attached hydrogens (tertiary/aromatic N) is 2. The summed E-state index contributed by atoms with van der Waals surface area (Å²) in [5.74, 6) is 0.700. The van der Waals surface area contributed by atoms with Crippen LogP contribution in [0.3, 0.4) is 0 Å². The van der Waals surface area contributed by atoms with Crippen molar-refractivity contribution >= 4 is 20.0 Å². The molecule has 0 N–H and O–H groups in total. The summed E-state index contributed by atoms with van der Waals surface area (Å²) in [5, 5.41) is 8.80. The normalized spacial score (nSPS) is 25.3. The Kier molecular flexibility index (Phi) is 6.57. The van der Waals surface area contributed by atoms with Crippen molar-refractivity contribution in [3.8, 4) is 5.75 Å². The van der Waals surface area contributed by atoms with Gasteiger partial charge in [0, 0.05) is 18.4 Å². The molecule has 6 nitrogen and oxygen atoms in total. The molecule has 0 amide bonds. The minimum absolute atomic E-state index is 0.110. The lowest BCUT2D eigenvalue weighted by atomic mass is 10.2. The van der Waals surface area contributed by atoms with Gasteiger partial charge in [-0.3, -0.25) is 0 Å². The predicted octanol–water partition coefficient (Wildman–Crippen LogP) is 4.59. The Labute approximate surface area is 157 Å². The van der Waals surface area contributed by atoms with E-state index < -0.39 is 13.9 Å². The number of methoxy groups -OCH3 is 2. The molecule has 26 heavy (non-hydrogen) atoms. The summed E-state index contributed by atoms with van der Waals surface area (Å²) in [5.41, 5.74) is -0.195. The van der Waals surface area contributed by atoms with Crippen LogP contribution in [0.4, 0.5) is 5.69 Å². The number of rotatable bonds is 9. The number of carbonyl (C=O) groups is 1. The van der Waals surface area contributed by atoms with Crippen molar-refractivity contribution in [1.82, 2.24) is 0 Å². The van der Waals surface area contributed by atoms with Crippen molar-refractivity contribution in [1.29, 1.82) is 0 Å². The van der Waals surface area contributed by atoms with E-state index in [0.717, 1.165) is 18.6 Å². The molecule has 1 saturated carbocycles. The van der Waals surface area contributed by atoms with Gasteiger partial charge >= 0.3 is 5.97 Å². The molecule has 1 aliphatic rings. The first kappa shape index (κ1) is 20.6. The van der Waals surface area contributed by atoms with Crippen molar-refractivity contribution in [2.24, 2.45) is 22.1 Å². The quantitative estimate of drug-likeness (QED) is 0.358. The molecule has 0 aliphatic heterocycles. The fourth-order valence-electron chi connectivity index (χ4n) is 3.48. The first-order chi connectivity index (χ1) is 12.3. The molecule has 0 aromatic heterocycles. The highest BCUT2D eigenvalue weighted by molar-refractivity contribution is 6.69. The van der Waals surface area contributed by atoms with E-state index >= 15 is 0 Å². The van der Waals surface area contributed by atoms with Gasteiger partial charge in [0.25, 0.3) is 0 Å². The van der Waals surface area contributed by atoms with Crippen LogP contribution in [0, 0.1) is 11.8 Å². The summed E-state index contributed by atoms with van der Waals surface area (Å²) < 4.78 is 16.2. The SMILES string of the molecule is CC[C@@H]1[C@H](CCO[Si](C)(C)C)C1(N=Nc1ccc(OC)cc1)C(=O)OC. The van der Waals surface area contributed by atoms with Crippen LogP contribution in [0.25, 0.3) is 0 Å².